The van der Waals surface area contributed by atoms with Gasteiger partial charge >= 0.3 is 0 Å². The molecule has 0 fully saturated rings. The van der Waals surface area contributed by atoms with Gasteiger partial charge in [-0.15, -0.1) is 0 Å². The fourth-order valence-electron chi connectivity index (χ4n) is 2.72. The lowest BCUT2D eigenvalue weighted by molar-refractivity contribution is 0.628. The second-order valence-corrected chi connectivity index (χ2v) is 5.57. The Kier molecular flexibility index (Phi) is 3.23. The molecule has 118 valence electrons. The van der Waals surface area contributed by atoms with Crippen molar-refractivity contribution >= 4 is 16.7 Å². The molecule has 0 spiro atoms. The summed E-state index contributed by atoms with van der Waals surface area (Å²) in [4.78, 5) is 8.87. The smallest absolute Gasteiger partial charge is 0.142 e. The van der Waals surface area contributed by atoms with Gasteiger partial charge in [-0.3, -0.25) is 10.1 Å². The Labute approximate surface area is 137 Å². The van der Waals surface area contributed by atoms with Crippen LogP contribution in [0.3, 0.4) is 0 Å². The number of aromatic nitrogens is 4. The quantitative estimate of drug-likeness (QED) is 0.590. The zero-order chi connectivity index (χ0) is 16.7. The highest BCUT2D eigenvalue weighted by molar-refractivity contribution is 5.88. The minimum absolute atomic E-state index is 0.299. The number of rotatable bonds is 2. The van der Waals surface area contributed by atoms with Crippen molar-refractivity contribution in [3.05, 3.63) is 60.2 Å². The van der Waals surface area contributed by atoms with Gasteiger partial charge < -0.3 is 5.73 Å². The van der Waals surface area contributed by atoms with E-state index < -0.39 is 0 Å². The van der Waals surface area contributed by atoms with Crippen LogP contribution in [0.15, 0.2) is 48.7 Å². The normalized spacial score (nSPS) is 11.1. The minimum atomic E-state index is -0.299. The summed E-state index contributed by atoms with van der Waals surface area (Å²) in [5.74, 6) is 0.0197. The van der Waals surface area contributed by atoms with E-state index in [0.717, 1.165) is 27.7 Å². The molecule has 0 saturated heterocycles. The van der Waals surface area contributed by atoms with Crippen LogP contribution < -0.4 is 5.73 Å². The van der Waals surface area contributed by atoms with Gasteiger partial charge in [0.2, 0.25) is 0 Å². The van der Waals surface area contributed by atoms with Crippen molar-refractivity contribution in [2.24, 2.45) is 0 Å². The van der Waals surface area contributed by atoms with Crippen molar-refractivity contribution in [3.63, 3.8) is 0 Å². The van der Waals surface area contributed by atoms with E-state index in [4.69, 9.17) is 5.73 Å². The average Bonchev–Trinajstić information content (AvgIpc) is 2.96. The summed E-state index contributed by atoms with van der Waals surface area (Å²) in [5.41, 5.74) is 10.7. The highest BCUT2D eigenvalue weighted by atomic mass is 19.1. The number of fused-ring (bicyclic) bond motifs is 1. The second kappa shape index (κ2) is 5.42. The van der Waals surface area contributed by atoms with E-state index in [-0.39, 0.29) is 5.82 Å². The largest absolute Gasteiger partial charge is 0.382 e. The number of aromatic amines is 1. The van der Waals surface area contributed by atoms with Gasteiger partial charge in [0.1, 0.15) is 11.6 Å². The first-order valence-corrected chi connectivity index (χ1v) is 7.45. The van der Waals surface area contributed by atoms with Gasteiger partial charge in [0.05, 0.1) is 28.8 Å². The molecule has 0 aliphatic carbocycles. The Bertz CT molecular complexity index is 1040. The van der Waals surface area contributed by atoms with Crippen molar-refractivity contribution in [3.8, 4) is 22.5 Å². The summed E-state index contributed by atoms with van der Waals surface area (Å²) in [6.07, 6.45) is 1.52. The predicted octanol–water partition coefficient (Wildman–Crippen LogP) is 3.72. The van der Waals surface area contributed by atoms with Gasteiger partial charge in [-0.25, -0.2) is 9.37 Å². The molecule has 2 aromatic heterocycles. The zero-order valence-electron chi connectivity index (χ0n) is 12.9. The molecular weight excluding hydrogens is 305 g/mol. The van der Waals surface area contributed by atoms with E-state index in [1.807, 2.05) is 25.1 Å². The summed E-state index contributed by atoms with van der Waals surface area (Å²) in [6, 6.07) is 12.1. The maximum atomic E-state index is 13.2. The third kappa shape index (κ3) is 2.38. The number of H-pyrrole nitrogens is 1. The average molecular weight is 319 g/mol. The first kappa shape index (κ1) is 14.3. The second-order valence-electron chi connectivity index (χ2n) is 5.57. The van der Waals surface area contributed by atoms with Crippen LogP contribution in [0.25, 0.3) is 33.4 Å². The van der Waals surface area contributed by atoms with Crippen molar-refractivity contribution in [2.45, 2.75) is 6.92 Å². The van der Waals surface area contributed by atoms with Crippen LogP contribution in [0.2, 0.25) is 0 Å². The number of halogens is 1. The number of hydrogen-bond acceptors (Lipinski definition) is 4. The number of aryl methyl sites for hydroxylation is 1. The van der Waals surface area contributed by atoms with E-state index >= 15 is 0 Å². The van der Waals surface area contributed by atoms with Crippen molar-refractivity contribution in [1.29, 1.82) is 0 Å². The Morgan fingerprint density at radius 2 is 1.75 bits per heavy atom. The fourth-order valence-corrected chi connectivity index (χ4v) is 2.72. The van der Waals surface area contributed by atoms with Crippen LogP contribution in [0, 0.1) is 12.7 Å². The van der Waals surface area contributed by atoms with Crippen LogP contribution in [0.5, 0.6) is 0 Å². The third-order valence-electron chi connectivity index (χ3n) is 3.94. The number of nitrogens with zero attached hydrogens (tertiary/aromatic N) is 3. The molecule has 4 rings (SSSR count). The van der Waals surface area contributed by atoms with E-state index in [1.165, 1.54) is 18.3 Å². The summed E-state index contributed by atoms with van der Waals surface area (Å²) >= 11 is 0. The summed E-state index contributed by atoms with van der Waals surface area (Å²) < 4.78 is 13.2. The van der Waals surface area contributed by atoms with E-state index in [0.29, 0.717) is 17.2 Å². The molecule has 0 amide bonds. The Morgan fingerprint density at radius 3 is 2.54 bits per heavy atom. The first-order valence-electron chi connectivity index (χ1n) is 7.45. The molecule has 0 bridgehead atoms. The monoisotopic (exact) mass is 319 g/mol. The molecule has 0 atom stereocenters. The fraction of sp³-hybridized carbons (Fsp3) is 0.0556. The van der Waals surface area contributed by atoms with E-state index in [2.05, 4.69) is 20.2 Å². The molecule has 6 heteroatoms. The predicted molar refractivity (Wildman–Crippen MR) is 91.7 cm³/mol. The van der Waals surface area contributed by atoms with Crippen LogP contribution in [0.4, 0.5) is 10.2 Å². The lowest BCUT2D eigenvalue weighted by Gasteiger charge is -2.09. The zero-order valence-corrected chi connectivity index (χ0v) is 12.9. The maximum Gasteiger partial charge on any atom is 0.142 e. The lowest BCUT2D eigenvalue weighted by Crippen LogP contribution is -1.98. The highest BCUT2D eigenvalue weighted by Gasteiger charge is 2.13. The van der Waals surface area contributed by atoms with E-state index in [1.54, 1.807) is 12.1 Å². The number of anilines is 1. The maximum absolute atomic E-state index is 13.2. The third-order valence-corrected chi connectivity index (χ3v) is 3.94. The number of hydrogen-bond donors (Lipinski definition) is 2. The van der Waals surface area contributed by atoms with Gasteiger partial charge in [-0.05, 0) is 43.3 Å². The van der Waals surface area contributed by atoms with Gasteiger partial charge in [0, 0.05) is 16.5 Å². The van der Waals surface area contributed by atoms with E-state index in [9.17, 15) is 4.39 Å². The minimum Gasteiger partial charge on any atom is -0.382 e. The van der Waals surface area contributed by atoms with Gasteiger partial charge in [-0.1, -0.05) is 6.07 Å². The molecule has 0 saturated carbocycles. The lowest BCUT2D eigenvalue weighted by atomic mass is 10.0. The molecule has 3 N–H and O–H groups in total. The number of nitrogens with two attached hydrogens (primary N) is 1. The summed E-state index contributed by atoms with van der Waals surface area (Å²) in [7, 11) is 0. The first-order chi connectivity index (χ1) is 11.6. The molecular formula is C18H14FN5. The van der Waals surface area contributed by atoms with Gasteiger partial charge in [0.15, 0.2) is 0 Å². The van der Waals surface area contributed by atoms with Crippen LogP contribution in [0.1, 0.15) is 5.69 Å². The molecule has 24 heavy (non-hydrogen) atoms. The molecule has 0 radical (unpaired) electrons. The van der Waals surface area contributed by atoms with Gasteiger partial charge in [0.25, 0.3) is 0 Å². The summed E-state index contributed by atoms with van der Waals surface area (Å²) in [5, 5.41) is 8.22. The van der Waals surface area contributed by atoms with Gasteiger partial charge in [-0.2, -0.15) is 5.10 Å². The SMILES string of the molecule is Cc1n[nH]c2ccc(-c3ncc(N)nc3-c3ccc(F)cc3)cc12. The molecule has 0 unspecified atom stereocenters. The van der Waals surface area contributed by atoms with Crippen LogP contribution in [-0.4, -0.2) is 20.2 Å². The number of nitrogens with one attached hydrogen (secondary N) is 1. The van der Waals surface area contributed by atoms with Crippen molar-refractivity contribution in [2.75, 3.05) is 5.73 Å². The number of nitrogen functional groups attached to an aromatic ring is 1. The Morgan fingerprint density at radius 1 is 1.00 bits per heavy atom. The van der Waals surface area contributed by atoms with Crippen molar-refractivity contribution in [1.82, 2.24) is 20.2 Å². The molecule has 0 aliphatic rings. The van der Waals surface area contributed by atoms with Crippen LogP contribution in [-0.2, 0) is 0 Å². The Hall–Kier alpha value is -3.28. The van der Waals surface area contributed by atoms with Crippen LogP contribution >= 0.6 is 0 Å². The topological polar surface area (TPSA) is 80.5 Å². The Balaban J connectivity index is 1.93. The molecule has 4 aromatic rings. The summed E-state index contributed by atoms with van der Waals surface area (Å²) in [6.45, 7) is 1.94. The molecule has 0 aliphatic heterocycles. The molecule has 2 heterocycles. The highest BCUT2D eigenvalue weighted by Crippen LogP contribution is 2.31. The van der Waals surface area contributed by atoms with Crippen molar-refractivity contribution < 1.29 is 4.39 Å². The standard InChI is InChI=1S/C18H14FN5/c1-10-14-8-12(4-7-15(14)24-23-10)17-18(22-16(20)9-21-17)11-2-5-13(19)6-3-11/h2-9H,1H3,(H2,20,22)(H,23,24). The molecule has 2 aromatic carbocycles. The number of benzene rings is 2. The molecule has 5 nitrogen and oxygen atoms in total.